The summed E-state index contributed by atoms with van der Waals surface area (Å²) in [6.07, 6.45) is 3.41. The van der Waals surface area contributed by atoms with E-state index >= 15 is 0 Å². The Morgan fingerprint density at radius 3 is 2.78 bits per heavy atom. The summed E-state index contributed by atoms with van der Waals surface area (Å²) in [7, 11) is 1.48. The molecule has 0 amide bonds. The van der Waals surface area contributed by atoms with Crippen LogP contribution >= 0.6 is 0 Å². The highest BCUT2D eigenvalue weighted by molar-refractivity contribution is 5.29. The largest absolute Gasteiger partial charge is 0.494 e. The molecule has 23 heavy (non-hydrogen) atoms. The van der Waals surface area contributed by atoms with Gasteiger partial charge in [0.15, 0.2) is 11.6 Å². The Bertz CT molecular complexity index is 531. The summed E-state index contributed by atoms with van der Waals surface area (Å²) >= 11 is 0. The number of hydrogen-bond acceptors (Lipinski definition) is 4. The standard InChI is InChI=1S/C18H26FNO3/c1-3-23-17-11-16(18(17)6-8-22-9-7-18)20-12-13-4-5-15(21-2)14(19)10-13/h4-5,10,16-17,20H,3,6-9,11-12H2,1-2H3/t16-,17-/m0/s1. The summed E-state index contributed by atoms with van der Waals surface area (Å²) in [5.41, 5.74) is 1.12. The molecule has 128 valence electrons. The molecule has 0 aromatic heterocycles. The van der Waals surface area contributed by atoms with Gasteiger partial charge in [-0.05, 0) is 43.9 Å². The number of benzene rings is 1. The quantitative estimate of drug-likeness (QED) is 0.874. The molecular formula is C18H26FNO3. The molecule has 1 saturated heterocycles. The highest BCUT2D eigenvalue weighted by Gasteiger charge is 2.55. The maximum absolute atomic E-state index is 13.8. The van der Waals surface area contributed by atoms with E-state index < -0.39 is 0 Å². The van der Waals surface area contributed by atoms with Crippen LogP contribution in [0.2, 0.25) is 0 Å². The van der Waals surface area contributed by atoms with Crippen LogP contribution in [0.1, 0.15) is 31.7 Å². The predicted molar refractivity (Wildman–Crippen MR) is 86.1 cm³/mol. The van der Waals surface area contributed by atoms with E-state index in [1.807, 2.05) is 13.0 Å². The van der Waals surface area contributed by atoms with Gasteiger partial charge in [-0.1, -0.05) is 6.07 Å². The zero-order chi connectivity index (χ0) is 16.3. The van der Waals surface area contributed by atoms with Crippen molar-refractivity contribution < 1.29 is 18.6 Å². The van der Waals surface area contributed by atoms with Crippen molar-refractivity contribution in [3.05, 3.63) is 29.6 Å². The molecule has 0 bridgehead atoms. The molecule has 5 heteroatoms. The Labute approximate surface area is 137 Å². The lowest BCUT2D eigenvalue weighted by Gasteiger charge is -2.57. The van der Waals surface area contributed by atoms with Gasteiger partial charge in [-0.15, -0.1) is 0 Å². The molecule has 2 aliphatic rings. The molecule has 1 aliphatic carbocycles. The fourth-order valence-electron chi connectivity index (χ4n) is 3.95. The van der Waals surface area contributed by atoms with Crippen molar-refractivity contribution in [1.82, 2.24) is 5.32 Å². The molecule has 1 aromatic carbocycles. The van der Waals surface area contributed by atoms with Gasteiger partial charge in [0, 0.05) is 37.8 Å². The van der Waals surface area contributed by atoms with Gasteiger partial charge in [-0.2, -0.15) is 0 Å². The van der Waals surface area contributed by atoms with Crippen LogP contribution in [-0.2, 0) is 16.0 Å². The maximum atomic E-state index is 13.8. The number of methoxy groups -OCH3 is 1. The minimum Gasteiger partial charge on any atom is -0.494 e. The molecule has 2 fully saturated rings. The van der Waals surface area contributed by atoms with E-state index in [1.54, 1.807) is 12.1 Å². The first-order valence-corrected chi connectivity index (χ1v) is 8.44. The fourth-order valence-corrected chi connectivity index (χ4v) is 3.95. The molecule has 1 saturated carbocycles. The Balaban J connectivity index is 1.62. The van der Waals surface area contributed by atoms with Crippen molar-refractivity contribution in [3.8, 4) is 5.75 Å². The Morgan fingerprint density at radius 2 is 2.13 bits per heavy atom. The lowest BCUT2D eigenvalue weighted by atomic mass is 9.57. The van der Waals surface area contributed by atoms with Gasteiger partial charge in [0.05, 0.1) is 13.2 Å². The molecule has 2 atom stereocenters. The first-order chi connectivity index (χ1) is 11.2. The second-order valence-corrected chi connectivity index (χ2v) is 6.43. The van der Waals surface area contributed by atoms with Gasteiger partial charge in [0.1, 0.15) is 0 Å². The van der Waals surface area contributed by atoms with Crippen molar-refractivity contribution in [2.24, 2.45) is 5.41 Å². The SMILES string of the molecule is CCO[C@H]1C[C@H](NCc2ccc(OC)c(F)c2)C12CCOCC2. The third-order valence-corrected chi connectivity index (χ3v) is 5.35. The Morgan fingerprint density at radius 1 is 1.35 bits per heavy atom. The van der Waals surface area contributed by atoms with E-state index in [-0.39, 0.29) is 17.0 Å². The van der Waals surface area contributed by atoms with Crippen molar-refractivity contribution in [3.63, 3.8) is 0 Å². The molecule has 1 aromatic rings. The average molecular weight is 323 g/mol. The van der Waals surface area contributed by atoms with Crippen LogP contribution in [0.25, 0.3) is 0 Å². The van der Waals surface area contributed by atoms with Crippen LogP contribution in [0, 0.1) is 11.2 Å². The van der Waals surface area contributed by atoms with Gasteiger partial charge in [-0.3, -0.25) is 0 Å². The first kappa shape index (κ1) is 16.7. The van der Waals surface area contributed by atoms with E-state index in [9.17, 15) is 4.39 Å². The molecule has 1 heterocycles. The van der Waals surface area contributed by atoms with Crippen LogP contribution < -0.4 is 10.1 Å². The van der Waals surface area contributed by atoms with Gasteiger partial charge in [0.2, 0.25) is 0 Å². The minimum absolute atomic E-state index is 0.180. The van der Waals surface area contributed by atoms with Crippen molar-refractivity contribution in [1.29, 1.82) is 0 Å². The van der Waals surface area contributed by atoms with E-state index in [0.717, 1.165) is 44.6 Å². The van der Waals surface area contributed by atoms with Crippen LogP contribution in [-0.4, -0.2) is 39.1 Å². The van der Waals surface area contributed by atoms with Gasteiger partial charge in [-0.25, -0.2) is 4.39 Å². The van der Waals surface area contributed by atoms with Gasteiger partial charge >= 0.3 is 0 Å². The van der Waals surface area contributed by atoms with E-state index in [2.05, 4.69) is 5.32 Å². The number of hydrogen-bond donors (Lipinski definition) is 1. The zero-order valence-electron chi connectivity index (χ0n) is 13.9. The van der Waals surface area contributed by atoms with E-state index in [0.29, 0.717) is 18.7 Å². The molecule has 4 nitrogen and oxygen atoms in total. The summed E-state index contributed by atoms with van der Waals surface area (Å²) in [4.78, 5) is 0. The normalized spacial score (nSPS) is 26.0. The molecule has 1 aliphatic heterocycles. The maximum Gasteiger partial charge on any atom is 0.165 e. The zero-order valence-corrected chi connectivity index (χ0v) is 13.9. The van der Waals surface area contributed by atoms with Crippen LogP contribution in [0.3, 0.4) is 0 Å². The highest BCUT2D eigenvalue weighted by atomic mass is 19.1. The van der Waals surface area contributed by atoms with Crippen LogP contribution in [0.5, 0.6) is 5.75 Å². The summed E-state index contributed by atoms with van der Waals surface area (Å²) in [6, 6.07) is 5.54. The summed E-state index contributed by atoms with van der Waals surface area (Å²) < 4.78 is 30.2. The molecule has 1 spiro atoms. The topological polar surface area (TPSA) is 39.7 Å². The van der Waals surface area contributed by atoms with E-state index in [1.165, 1.54) is 7.11 Å². The highest BCUT2D eigenvalue weighted by Crippen LogP contribution is 2.50. The lowest BCUT2D eigenvalue weighted by molar-refractivity contribution is -0.173. The summed E-state index contributed by atoms with van der Waals surface area (Å²) in [6.45, 7) is 5.07. The van der Waals surface area contributed by atoms with Crippen molar-refractivity contribution >= 4 is 0 Å². The monoisotopic (exact) mass is 323 g/mol. The molecule has 1 N–H and O–H groups in total. The number of ether oxygens (including phenoxy) is 3. The second-order valence-electron chi connectivity index (χ2n) is 6.43. The molecule has 3 rings (SSSR count). The molecule has 0 unspecified atom stereocenters. The number of nitrogens with one attached hydrogen (secondary N) is 1. The third-order valence-electron chi connectivity index (χ3n) is 5.35. The first-order valence-electron chi connectivity index (χ1n) is 8.44. The minimum atomic E-state index is -0.312. The van der Waals surface area contributed by atoms with Gasteiger partial charge in [0.25, 0.3) is 0 Å². The molecular weight excluding hydrogens is 297 g/mol. The summed E-state index contributed by atoms with van der Waals surface area (Å²) in [5.74, 6) is -0.0249. The molecule has 0 radical (unpaired) electrons. The average Bonchev–Trinajstić information content (AvgIpc) is 2.58. The van der Waals surface area contributed by atoms with Crippen molar-refractivity contribution in [2.45, 2.75) is 44.9 Å². The Kier molecular flexibility index (Phi) is 5.19. The fraction of sp³-hybridized carbons (Fsp3) is 0.667. The predicted octanol–water partition coefficient (Wildman–Crippen LogP) is 2.90. The number of rotatable bonds is 6. The van der Waals surface area contributed by atoms with E-state index in [4.69, 9.17) is 14.2 Å². The van der Waals surface area contributed by atoms with Crippen LogP contribution in [0.4, 0.5) is 4.39 Å². The second kappa shape index (κ2) is 7.16. The lowest BCUT2D eigenvalue weighted by Crippen LogP contribution is -2.65. The third kappa shape index (κ3) is 3.23. The van der Waals surface area contributed by atoms with Crippen LogP contribution in [0.15, 0.2) is 18.2 Å². The van der Waals surface area contributed by atoms with Gasteiger partial charge < -0.3 is 19.5 Å². The van der Waals surface area contributed by atoms with Crippen molar-refractivity contribution in [2.75, 3.05) is 26.9 Å². The number of halogens is 1. The summed E-state index contributed by atoms with van der Waals surface area (Å²) in [5, 5.41) is 3.61. The Hall–Kier alpha value is -1.17. The smallest absolute Gasteiger partial charge is 0.165 e.